The lowest BCUT2D eigenvalue weighted by Crippen LogP contribution is -2.51. The van der Waals surface area contributed by atoms with Crippen LogP contribution in [-0.4, -0.2) is 76.9 Å². The third-order valence-corrected chi connectivity index (χ3v) is 5.68. The molecule has 1 fully saturated rings. The van der Waals surface area contributed by atoms with Gasteiger partial charge in [-0.05, 0) is 31.4 Å². The topological polar surface area (TPSA) is 116 Å². The van der Waals surface area contributed by atoms with Crippen molar-refractivity contribution in [3.63, 3.8) is 0 Å². The van der Waals surface area contributed by atoms with E-state index in [9.17, 15) is 24.3 Å². The monoisotopic (exact) mass is 431 g/mol. The van der Waals surface area contributed by atoms with Crippen LogP contribution in [0.25, 0.3) is 0 Å². The maximum atomic E-state index is 13.3. The van der Waals surface area contributed by atoms with Gasteiger partial charge in [-0.1, -0.05) is 25.5 Å². The van der Waals surface area contributed by atoms with Crippen LogP contribution in [-0.2, 0) is 14.4 Å². The number of unbranched alkanes of at least 4 members (excludes halogenated alkanes) is 1. The molecule has 31 heavy (non-hydrogen) atoms. The minimum Gasteiger partial charge on any atom is -0.491 e. The predicted octanol–water partition coefficient (Wildman–Crippen LogP) is 1.27. The Morgan fingerprint density at radius 2 is 2.00 bits per heavy atom. The maximum Gasteiger partial charge on any atom is 0.326 e. The number of carboxylic acids is 1. The number of fused-ring (bicyclic) bond motifs is 2. The first kappa shape index (κ1) is 22.6. The van der Waals surface area contributed by atoms with Gasteiger partial charge in [-0.2, -0.15) is 0 Å². The predicted molar refractivity (Wildman–Crippen MR) is 112 cm³/mol. The first-order chi connectivity index (χ1) is 14.9. The Kier molecular flexibility index (Phi) is 7.49. The number of nitrogens with zero attached hydrogens (tertiary/aromatic N) is 2. The van der Waals surface area contributed by atoms with Gasteiger partial charge in [0.25, 0.3) is 5.91 Å². The molecule has 2 N–H and O–H groups in total. The third-order valence-electron chi connectivity index (χ3n) is 5.68. The summed E-state index contributed by atoms with van der Waals surface area (Å²) >= 11 is 0. The number of aliphatic carboxylic acids is 1. The van der Waals surface area contributed by atoms with Crippen LogP contribution in [0.4, 0.5) is 0 Å². The fourth-order valence-corrected chi connectivity index (χ4v) is 3.99. The molecule has 2 aliphatic rings. The van der Waals surface area contributed by atoms with E-state index in [2.05, 4.69) is 5.32 Å². The van der Waals surface area contributed by atoms with Crippen molar-refractivity contribution in [3.05, 3.63) is 29.8 Å². The van der Waals surface area contributed by atoms with Gasteiger partial charge in [0.15, 0.2) is 0 Å². The van der Waals surface area contributed by atoms with Gasteiger partial charge in [-0.25, -0.2) is 4.79 Å². The van der Waals surface area contributed by atoms with Crippen molar-refractivity contribution < 1.29 is 29.0 Å². The van der Waals surface area contributed by atoms with Crippen LogP contribution in [0.2, 0.25) is 0 Å². The molecule has 3 rings (SSSR count). The third kappa shape index (κ3) is 5.34. The van der Waals surface area contributed by atoms with E-state index in [0.29, 0.717) is 38.2 Å². The second-order valence-electron chi connectivity index (χ2n) is 7.84. The van der Waals surface area contributed by atoms with E-state index < -0.39 is 36.3 Å². The molecular formula is C22H29N3O6. The summed E-state index contributed by atoms with van der Waals surface area (Å²) in [4.78, 5) is 53.8. The minimum atomic E-state index is -1.40. The van der Waals surface area contributed by atoms with Crippen molar-refractivity contribution in [1.29, 1.82) is 0 Å². The molecule has 2 aliphatic heterocycles. The van der Waals surface area contributed by atoms with E-state index >= 15 is 0 Å². The summed E-state index contributed by atoms with van der Waals surface area (Å²) in [5.74, 6) is -2.20. The number of carboxylic acid groups (broad SMARTS) is 1. The van der Waals surface area contributed by atoms with Gasteiger partial charge in [-0.15, -0.1) is 0 Å². The molecule has 0 radical (unpaired) electrons. The number of nitrogens with one attached hydrogen (secondary N) is 1. The zero-order chi connectivity index (χ0) is 22.4. The number of benzene rings is 1. The average molecular weight is 431 g/mol. The summed E-state index contributed by atoms with van der Waals surface area (Å²) in [6.07, 6.45) is 2.55. The largest absolute Gasteiger partial charge is 0.491 e. The van der Waals surface area contributed by atoms with Crippen LogP contribution in [0.15, 0.2) is 24.3 Å². The molecule has 0 spiro atoms. The summed E-state index contributed by atoms with van der Waals surface area (Å²) in [7, 11) is 0. The molecule has 1 aromatic rings. The number of rotatable bonds is 4. The summed E-state index contributed by atoms with van der Waals surface area (Å²) in [5.41, 5.74) is 0.184. The quantitative estimate of drug-likeness (QED) is 0.742. The highest BCUT2D eigenvalue weighted by molar-refractivity contribution is 6.00. The fourth-order valence-electron chi connectivity index (χ4n) is 3.99. The van der Waals surface area contributed by atoms with E-state index in [1.807, 2.05) is 6.92 Å². The number of ether oxygens (including phenoxy) is 1. The SMILES string of the molecule is CCCCN1CCOc2ccccc2C(=O)N[C@@H](C(=O)O)CC(=O)N2CCC[C@@H]2C1=O. The fraction of sp³-hybridized carbons (Fsp3) is 0.545. The van der Waals surface area contributed by atoms with E-state index in [-0.39, 0.29) is 18.1 Å². The van der Waals surface area contributed by atoms with Crippen molar-refractivity contribution in [2.24, 2.45) is 0 Å². The zero-order valence-corrected chi connectivity index (χ0v) is 17.7. The van der Waals surface area contributed by atoms with E-state index in [0.717, 1.165) is 12.8 Å². The summed E-state index contributed by atoms with van der Waals surface area (Å²) in [5, 5.41) is 12.0. The Hall–Kier alpha value is -3.10. The van der Waals surface area contributed by atoms with Crippen LogP contribution in [0.5, 0.6) is 5.75 Å². The number of carbonyl (C=O) groups excluding carboxylic acids is 3. The van der Waals surface area contributed by atoms with Gasteiger partial charge in [0.05, 0.1) is 18.5 Å². The molecular weight excluding hydrogens is 402 g/mol. The van der Waals surface area contributed by atoms with Crippen molar-refractivity contribution in [3.8, 4) is 5.75 Å². The molecule has 0 saturated carbocycles. The Morgan fingerprint density at radius 1 is 1.23 bits per heavy atom. The van der Waals surface area contributed by atoms with Crippen molar-refractivity contribution in [2.75, 3.05) is 26.2 Å². The maximum absolute atomic E-state index is 13.3. The average Bonchev–Trinajstić information content (AvgIpc) is 3.24. The number of hydrogen-bond donors (Lipinski definition) is 2. The Balaban J connectivity index is 1.93. The smallest absolute Gasteiger partial charge is 0.326 e. The molecule has 9 heteroatoms. The number of carbonyl (C=O) groups is 4. The Morgan fingerprint density at radius 3 is 2.74 bits per heavy atom. The molecule has 0 unspecified atom stereocenters. The highest BCUT2D eigenvalue weighted by atomic mass is 16.5. The highest BCUT2D eigenvalue weighted by Gasteiger charge is 2.38. The van der Waals surface area contributed by atoms with Gasteiger partial charge in [0.1, 0.15) is 24.4 Å². The van der Waals surface area contributed by atoms with Gasteiger partial charge >= 0.3 is 5.97 Å². The summed E-state index contributed by atoms with van der Waals surface area (Å²) in [6, 6.07) is 4.52. The molecule has 0 bridgehead atoms. The van der Waals surface area contributed by atoms with E-state index in [1.165, 1.54) is 11.0 Å². The van der Waals surface area contributed by atoms with Crippen molar-refractivity contribution in [1.82, 2.24) is 15.1 Å². The normalized spacial score (nSPS) is 22.8. The van der Waals surface area contributed by atoms with Gasteiger partial charge in [0, 0.05) is 13.1 Å². The number of para-hydroxylation sites is 1. The minimum absolute atomic E-state index is 0.135. The lowest BCUT2D eigenvalue weighted by atomic mass is 10.1. The molecule has 3 amide bonds. The van der Waals surface area contributed by atoms with E-state index in [4.69, 9.17) is 4.74 Å². The molecule has 168 valence electrons. The molecule has 0 aromatic heterocycles. The molecule has 9 nitrogen and oxygen atoms in total. The first-order valence-electron chi connectivity index (χ1n) is 10.8. The second kappa shape index (κ2) is 10.3. The first-order valence-corrected chi connectivity index (χ1v) is 10.8. The lowest BCUT2D eigenvalue weighted by molar-refractivity contribution is -0.147. The molecule has 2 atom stereocenters. The van der Waals surface area contributed by atoms with Crippen LogP contribution in [0.3, 0.4) is 0 Å². The van der Waals surface area contributed by atoms with Crippen LogP contribution < -0.4 is 10.1 Å². The molecule has 1 aromatic carbocycles. The molecule has 0 aliphatic carbocycles. The highest BCUT2D eigenvalue weighted by Crippen LogP contribution is 2.23. The standard InChI is InChI=1S/C22H29N3O6/c1-2-3-10-24-12-13-31-18-9-5-4-7-15(18)20(27)23-16(22(29)30)14-19(26)25-11-6-8-17(25)21(24)28/h4-5,7,9,16-17H,2-3,6,8,10-14H2,1H3,(H,23,27)(H,29,30)/t16-,17-/m1/s1. The van der Waals surface area contributed by atoms with Gasteiger partial charge in [0.2, 0.25) is 11.8 Å². The van der Waals surface area contributed by atoms with Crippen LogP contribution in [0, 0.1) is 0 Å². The Bertz CT molecular complexity index is 842. The van der Waals surface area contributed by atoms with Crippen LogP contribution in [0.1, 0.15) is 49.4 Å². The Labute approximate surface area is 181 Å². The second-order valence-corrected chi connectivity index (χ2v) is 7.84. The summed E-state index contributed by atoms with van der Waals surface area (Å²) < 4.78 is 5.81. The van der Waals surface area contributed by atoms with Crippen molar-refractivity contribution in [2.45, 2.75) is 51.1 Å². The van der Waals surface area contributed by atoms with Crippen molar-refractivity contribution >= 4 is 23.7 Å². The lowest BCUT2D eigenvalue weighted by Gasteiger charge is -2.31. The zero-order valence-electron chi connectivity index (χ0n) is 17.7. The molecule has 2 heterocycles. The molecule has 1 saturated heterocycles. The number of amides is 3. The number of hydrogen-bond acceptors (Lipinski definition) is 5. The van der Waals surface area contributed by atoms with Crippen LogP contribution >= 0.6 is 0 Å². The van der Waals surface area contributed by atoms with Gasteiger partial charge < -0.3 is 25.0 Å². The summed E-state index contributed by atoms with van der Waals surface area (Å²) in [6.45, 7) is 3.51. The van der Waals surface area contributed by atoms with Gasteiger partial charge in [-0.3, -0.25) is 14.4 Å². The van der Waals surface area contributed by atoms with E-state index in [1.54, 1.807) is 23.1 Å².